The van der Waals surface area contributed by atoms with E-state index in [1.807, 2.05) is 0 Å². The summed E-state index contributed by atoms with van der Waals surface area (Å²) in [5.74, 6) is -0.374. The minimum Gasteiger partial charge on any atom is -0.321 e. The lowest BCUT2D eigenvalue weighted by Gasteiger charge is -2.16. The smallest absolute Gasteiger partial charge is 0.255 e. The number of halogens is 3. The van der Waals surface area contributed by atoms with Gasteiger partial charge in [0.2, 0.25) is 10.0 Å². The molecule has 9 heteroatoms. The van der Waals surface area contributed by atoms with E-state index in [2.05, 4.69) is 5.32 Å². The molecule has 1 aliphatic rings. The van der Waals surface area contributed by atoms with Crippen molar-refractivity contribution in [2.75, 3.05) is 22.4 Å². The van der Waals surface area contributed by atoms with Gasteiger partial charge in [-0.1, -0.05) is 34.8 Å². The summed E-state index contributed by atoms with van der Waals surface area (Å²) < 4.78 is 24.9. The van der Waals surface area contributed by atoms with Crippen LogP contribution < -0.4 is 9.62 Å². The van der Waals surface area contributed by atoms with E-state index in [1.54, 1.807) is 18.2 Å². The molecule has 1 amide bonds. The Balaban J connectivity index is 1.87. The second-order valence-electron chi connectivity index (χ2n) is 5.63. The topological polar surface area (TPSA) is 66.5 Å². The van der Waals surface area contributed by atoms with Crippen LogP contribution >= 0.6 is 34.8 Å². The Morgan fingerprint density at radius 2 is 1.76 bits per heavy atom. The van der Waals surface area contributed by atoms with E-state index >= 15 is 0 Å². The number of sulfonamides is 1. The fraction of sp³-hybridized carbons (Fsp3) is 0.188. The second-order valence-corrected chi connectivity index (χ2v) is 8.76. The lowest BCUT2D eigenvalue weighted by atomic mass is 10.1. The number of benzene rings is 2. The maximum Gasteiger partial charge on any atom is 0.255 e. The van der Waals surface area contributed by atoms with Crippen LogP contribution in [0.25, 0.3) is 0 Å². The van der Waals surface area contributed by atoms with Crippen LogP contribution in [0.1, 0.15) is 15.9 Å². The number of rotatable bonds is 3. The molecule has 2 aromatic rings. The summed E-state index contributed by atoms with van der Waals surface area (Å²) in [6.07, 6.45) is 1.71. The van der Waals surface area contributed by atoms with E-state index in [-0.39, 0.29) is 16.0 Å². The van der Waals surface area contributed by atoms with Gasteiger partial charge in [0.1, 0.15) is 0 Å². The van der Waals surface area contributed by atoms with Crippen LogP contribution in [0.5, 0.6) is 0 Å². The van der Waals surface area contributed by atoms with Gasteiger partial charge in [0.15, 0.2) is 0 Å². The van der Waals surface area contributed by atoms with Crippen LogP contribution in [0.2, 0.25) is 15.1 Å². The Morgan fingerprint density at radius 1 is 1.08 bits per heavy atom. The van der Waals surface area contributed by atoms with Gasteiger partial charge < -0.3 is 5.32 Å². The first-order valence-corrected chi connectivity index (χ1v) is 10.2. The van der Waals surface area contributed by atoms with Gasteiger partial charge in [0, 0.05) is 12.1 Å². The SMILES string of the molecule is CS(=O)(=O)N1CCc2cc(C(=O)Nc3cc(Cl)c(Cl)cc3Cl)ccc21. The lowest BCUT2D eigenvalue weighted by Crippen LogP contribution is -2.27. The predicted molar refractivity (Wildman–Crippen MR) is 102 cm³/mol. The molecule has 0 saturated carbocycles. The highest BCUT2D eigenvalue weighted by Crippen LogP contribution is 2.33. The van der Waals surface area contributed by atoms with E-state index in [9.17, 15) is 13.2 Å². The number of carbonyl (C=O) groups is 1. The number of anilines is 2. The molecule has 0 fully saturated rings. The van der Waals surface area contributed by atoms with Crippen LogP contribution in [0.15, 0.2) is 30.3 Å². The van der Waals surface area contributed by atoms with Crippen molar-refractivity contribution in [2.24, 2.45) is 0 Å². The molecule has 1 aliphatic heterocycles. The third kappa shape index (κ3) is 3.72. The molecule has 0 aromatic heterocycles. The first kappa shape index (κ1) is 18.3. The van der Waals surface area contributed by atoms with Crippen molar-refractivity contribution in [1.82, 2.24) is 0 Å². The molecular formula is C16H13Cl3N2O3S. The van der Waals surface area contributed by atoms with Gasteiger partial charge in [-0.25, -0.2) is 8.42 Å². The van der Waals surface area contributed by atoms with Crippen LogP contribution in [0.4, 0.5) is 11.4 Å². The third-order valence-corrected chi connectivity index (χ3v) is 6.07. The summed E-state index contributed by atoms with van der Waals surface area (Å²) in [5.41, 5.74) is 2.15. The summed E-state index contributed by atoms with van der Waals surface area (Å²) >= 11 is 17.9. The molecule has 0 aliphatic carbocycles. The molecule has 0 unspecified atom stereocenters. The van der Waals surface area contributed by atoms with Gasteiger partial charge in [0.25, 0.3) is 5.91 Å². The largest absolute Gasteiger partial charge is 0.321 e. The zero-order valence-electron chi connectivity index (χ0n) is 13.0. The molecule has 0 spiro atoms. The van der Waals surface area contributed by atoms with E-state index in [0.717, 1.165) is 11.8 Å². The fourth-order valence-corrected chi connectivity index (χ4v) is 4.22. The zero-order valence-corrected chi connectivity index (χ0v) is 16.1. The monoisotopic (exact) mass is 418 g/mol. The van der Waals surface area contributed by atoms with Crippen molar-refractivity contribution >= 4 is 62.1 Å². The zero-order chi connectivity index (χ0) is 18.4. The van der Waals surface area contributed by atoms with Crippen molar-refractivity contribution in [2.45, 2.75) is 6.42 Å². The van der Waals surface area contributed by atoms with Gasteiger partial charge in [-0.15, -0.1) is 0 Å². The standard InChI is InChI=1S/C16H13Cl3N2O3S/c1-25(23,24)21-5-4-9-6-10(2-3-15(9)21)16(22)20-14-8-12(18)11(17)7-13(14)19/h2-3,6-8H,4-5H2,1H3,(H,20,22). The Hall–Kier alpha value is -1.47. The van der Waals surface area contributed by atoms with Gasteiger partial charge in [-0.2, -0.15) is 0 Å². The predicted octanol–water partition coefficient (Wildman–Crippen LogP) is 4.22. The number of amides is 1. The normalized spacial score (nSPS) is 13.7. The molecular weight excluding hydrogens is 407 g/mol. The highest BCUT2D eigenvalue weighted by molar-refractivity contribution is 7.92. The van der Waals surface area contributed by atoms with Crippen molar-refractivity contribution in [3.63, 3.8) is 0 Å². The van der Waals surface area contributed by atoms with Crippen LogP contribution in [-0.2, 0) is 16.4 Å². The maximum atomic E-state index is 12.5. The highest BCUT2D eigenvalue weighted by Gasteiger charge is 2.26. The summed E-state index contributed by atoms with van der Waals surface area (Å²) in [4.78, 5) is 12.5. The van der Waals surface area contributed by atoms with Crippen LogP contribution in [0, 0.1) is 0 Å². The molecule has 0 atom stereocenters. The number of nitrogens with one attached hydrogen (secondary N) is 1. The first-order chi connectivity index (χ1) is 11.7. The van der Waals surface area contributed by atoms with Crippen molar-refractivity contribution in [3.05, 3.63) is 56.5 Å². The third-order valence-electron chi connectivity index (χ3n) is 3.85. The molecule has 1 heterocycles. The lowest BCUT2D eigenvalue weighted by molar-refractivity contribution is 0.102. The molecule has 132 valence electrons. The van der Waals surface area contributed by atoms with Crippen molar-refractivity contribution in [1.29, 1.82) is 0 Å². The molecule has 1 N–H and O–H groups in total. The Labute approximate surface area is 160 Å². The highest BCUT2D eigenvalue weighted by atomic mass is 35.5. The summed E-state index contributed by atoms with van der Waals surface area (Å²) in [6.45, 7) is 0.373. The number of hydrogen-bond acceptors (Lipinski definition) is 3. The summed E-state index contributed by atoms with van der Waals surface area (Å²) in [7, 11) is -3.32. The van der Waals surface area contributed by atoms with E-state index < -0.39 is 10.0 Å². The number of fused-ring (bicyclic) bond motifs is 1. The van der Waals surface area contributed by atoms with Crippen molar-refractivity contribution < 1.29 is 13.2 Å². The Morgan fingerprint density at radius 3 is 2.44 bits per heavy atom. The molecule has 5 nitrogen and oxygen atoms in total. The molecule has 25 heavy (non-hydrogen) atoms. The minimum absolute atomic E-state index is 0.271. The van der Waals surface area contributed by atoms with Crippen molar-refractivity contribution in [3.8, 4) is 0 Å². The Kier molecular flexibility index (Phi) is 4.90. The quantitative estimate of drug-likeness (QED) is 0.757. The number of hydrogen-bond donors (Lipinski definition) is 1. The number of carbonyl (C=O) groups excluding carboxylic acids is 1. The van der Waals surface area contributed by atoms with Gasteiger partial charge in [-0.3, -0.25) is 9.10 Å². The molecule has 0 bridgehead atoms. The second kappa shape index (κ2) is 6.68. The maximum absolute atomic E-state index is 12.5. The van der Waals surface area contributed by atoms with E-state index in [0.29, 0.717) is 34.9 Å². The average molecular weight is 420 g/mol. The summed E-state index contributed by atoms with van der Waals surface area (Å²) in [6, 6.07) is 7.82. The van der Waals surface area contributed by atoms with E-state index in [1.165, 1.54) is 16.4 Å². The molecule has 3 rings (SSSR count). The fourth-order valence-electron chi connectivity index (χ4n) is 2.67. The van der Waals surface area contributed by atoms with E-state index in [4.69, 9.17) is 34.8 Å². The first-order valence-electron chi connectivity index (χ1n) is 7.23. The Bertz CT molecular complexity index is 977. The van der Waals surface area contributed by atoms with Gasteiger partial charge in [0.05, 0.1) is 32.7 Å². The molecule has 2 aromatic carbocycles. The minimum atomic E-state index is -3.32. The van der Waals surface area contributed by atoms with Gasteiger partial charge in [-0.05, 0) is 42.3 Å². The van der Waals surface area contributed by atoms with Crippen LogP contribution in [0.3, 0.4) is 0 Å². The van der Waals surface area contributed by atoms with Crippen LogP contribution in [-0.4, -0.2) is 27.1 Å². The molecule has 0 radical (unpaired) electrons. The van der Waals surface area contributed by atoms with Gasteiger partial charge >= 0.3 is 0 Å². The molecule has 0 saturated heterocycles. The number of nitrogens with zero attached hydrogens (tertiary/aromatic N) is 1. The summed E-state index contributed by atoms with van der Waals surface area (Å²) in [5, 5.41) is 3.52. The average Bonchev–Trinajstić information content (AvgIpc) is 2.95.